The molecule has 0 aliphatic heterocycles. The number of hydrogen-bond donors (Lipinski definition) is 0. The van der Waals surface area contributed by atoms with Gasteiger partial charge >= 0.3 is 0 Å². The average molecular weight is 619 g/mol. The Morgan fingerprint density at radius 3 is 1.31 bits per heavy atom. The molecule has 2 amide bonds. The molecule has 0 N–H and O–H groups in total. The van der Waals surface area contributed by atoms with Crippen molar-refractivity contribution < 1.29 is 9.59 Å². The maximum atomic E-state index is 12.9. The molecule has 0 bridgehead atoms. The molecule has 0 atom stereocenters. The van der Waals surface area contributed by atoms with Gasteiger partial charge in [0.25, 0.3) is 10.5 Å². The molecule has 234 valence electrons. The van der Waals surface area contributed by atoms with Crippen molar-refractivity contribution in [3.63, 3.8) is 0 Å². The van der Waals surface area contributed by atoms with Gasteiger partial charge in [0.1, 0.15) is 11.6 Å². The first kappa shape index (κ1) is 32.8. The van der Waals surface area contributed by atoms with Crippen LogP contribution in [0.2, 0.25) is 0 Å². The van der Waals surface area contributed by atoms with Crippen molar-refractivity contribution in [3.8, 4) is 0 Å². The summed E-state index contributed by atoms with van der Waals surface area (Å²) >= 11 is 2.46. The van der Waals surface area contributed by atoms with Crippen molar-refractivity contribution in [2.45, 2.75) is 140 Å². The number of aryl methyl sites for hydroxylation is 2. The van der Waals surface area contributed by atoms with Crippen LogP contribution in [-0.4, -0.2) is 76.0 Å². The Labute approximate surface area is 260 Å². The predicted molar refractivity (Wildman–Crippen MR) is 169 cm³/mol. The summed E-state index contributed by atoms with van der Waals surface area (Å²) in [7, 11) is 0. The fourth-order valence-corrected chi connectivity index (χ4v) is 8.28. The van der Waals surface area contributed by atoms with Gasteiger partial charge in [0, 0.05) is 74.6 Å². The van der Waals surface area contributed by atoms with Crippen LogP contribution in [0.1, 0.15) is 128 Å². The van der Waals surface area contributed by atoms with E-state index in [1.165, 1.54) is 62.0 Å². The molecule has 0 unspecified atom stereocenters. The third-order valence-electron chi connectivity index (χ3n) is 8.80. The molecule has 12 heteroatoms. The summed E-state index contributed by atoms with van der Waals surface area (Å²) in [4.78, 5) is 29.5. The topological polar surface area (TPSA) is 102 Å². The SMILES string of the molecule is CCN(CC)C(=O)Sc1nnc(CCCCc2nnc(SC(=O)N(CC)CC)n2C2CCCCC2)n1C1CCCCC1. The van der Waals surface area contributed by atoms with Gasteiger partial charge in [0.05, 0.1) is 0 Å². The smallest absolute Gasteiger partial charge is 0.289 e. The van der Waals surface area contributed by atoms with Crippen LogP contribution in [0, 0.1) is 0 Å². The summed E-state index contributed by atoms with van der Waals surface area (Å²) in [5.41, 5.74) is 0. The van der Waals surface area contributed by atoms with E-state index in [1.54, 1.807) is 0 Å². The van der Waals surface area contributed by atoms with Gasteiger partial charge in [-0.3, -0.25) is 9.59 Å². The van der Waals surface area contributed by atoms with Gasteiger partial charge in [-0.1, -0.05) is 38.5 Å². The Morgan fingerprint density at radius 1 is 0.619 bits per heavy atom. The van der Waals surface area contributed by atoms with Gasteiger partial charge in [0.2, 0.25) is 10.3 Å². The molecule has 2 heterocycles. The first-order valence-electron chi connectivity index (χ1n) is 16.3. The van der Waals surface area contributed by atoms with Crippen LogP contribution in [-0.2, 0) is 12.8 Å². The minimum Gasteiger partial charge on any atom is -0.334 e. The highest BCUT2D eigenvalue weighted by atomic mass is 32.2. The third-order valence-corrected chi connectivity index (χ3v) is 10.6. The standard InChI is InChI=1S/C30H50N8O2S2/c1-5-35(6-2)29(39)41-27-33-31-25(37(27)23-17-11-9-12-18-23)21-15-16-22-26-32-34-28(42-30(40)36(7-3)8-4)38(26)24-19-13-10-14-20-24/h23-24H,5-22H2,1-4H3. The summed E-state index contributed by atoms with van der Waals surface area (Å²) in [6.07, 6.45) is 15.4. The second-order valence-corrected chi connectivity index (χ2v) is 13.2. The number of nitrogens with zero attached hydrogens (tertiary/aromatic N) is 8. The van der Waals surface area contributed by atoms with E-state index < -0.39 is 0 Å². The van der Waals surface area contributed by atoms with E-state index >= 15 is 0 Å². The molecule has 2 aromatic rings. The van der Waals surface area contributed by atoms with Crippen LogP contribution < -0.4 is 0 Å². The molecule has 0 aromatic carbocycles. The zero-order valence-electron chi connectivity index (χ0n) is 26.1. The molecule has 0 saturated heterocycles. The van der Waals surface area contributed by atoms with Gasteiger partial charge < -0.3 is 18.9 Å². The fourth-order valence-electron chi connectivity index (χ4n) is 6.32. The number of carbonyl (C=O) groups excluding carboxylic acids is 2. The van der Waals surface area contributed by atoms with Gasteiger partial charge in [0.15, 0.2) is 0 Å². The first-order valence-corrected chi connectivity index (χ1v) is 17.9. The number of hydrogen-bond acceptors (Lipinski definition) is 8. The average Bonchev–Trinajstić information content (AvgIpc) is 3.60. The molecule has 4 rings (SSSR count). The van der Waals surface area contributed by atoms with E-state index in [2.05, 4.69) is 29.5 Å². The van der Waals surface area contributed by atoms with E-state index in [4.69, 9.17) is 0 Å². The Morgan fingerprint density at radius 2 is 0.976 bits per heavy atom. The predicted octanol–water partition coefficient (Wildman–Crippen LogP) is 7.55. The first-order chi connectivity index (χ1) is 20.5. The van der Waals surface area contributed by atoms with Crippen molar-refractivity contribution in [2.24, 2.45) is 0 Å². The van der Waals surface area contributed by atoms with E-state index in [0.717, 1.165) is 73.3 Å². The highest BCUT2D eigenvalue weighted by molar-refractivity contribution is 8.13. The van der Waals surface area contributed by atoms with Crippen LogP contribution in [0.15, 0.2) is 10.3 Å². The molecule has 0 spiro atoms. The lowest BCUT2D eigenvalue weighted by molar-refractivity contribution is 0.227. The summed E-state index contributed by atoms with van der Waals surface area (Å²) < 4.78 is 4.56. The quantitative estimate of drug-likeness (QED) is 0.167. The summed E-state index contributed by atoms with van der Waals surface area (Å²) in [6, 6.07) is 0.737. The summed E-state index contributed by atoms with van der Waals surface area (Å²) in [5, 5.41) is 19.8. The Hall–Kier alpha value is -2.08. The Balaban J connectivity index is 1.44. The van der Waals surface area contributed by atoms with E-state index in [9.17, 15) is 9.59 Å². The maximum Gasteiger partial charge on any atom is 0.289 e. The zero-order chi connectivity index (χ0) is 29.9. The van der Waals surface area contributed by atoms with E-state index in [-0.39, 0.29) is 10.5 Å². The van der Waals surface area contributed by atoms with Crippen molar-refractivity contribution in [2.75, 3.05) is 26.2 Å². The number of amides is 2. The van der Waals surface area contributed by atoms with Crippen molar-refractivity contribution in [1.82, 2.24) is 39.3 Å². The van der Waals surface area contributed by atoms with E-state index in [1.807, 2.05) is 37.5 Å². The lowest BCUT2D eigenvalue weighted by Gasteiger charge is -2.26. The van der Waals surface area contributed by atoms with Gasteiger partial charge in [-0.25, -0.2) is 0 Å². The number of unbranched alkanes of at least 4 members (excludes halogenated alkanes) is 1. The summed E-state index contributed by atoms with van der Waals surface area (Å²) in [6.45, 7) is 10.8. The van der Waals surface area contributed by atoms with Crippen LogP contribution in [0.25, 0.3) is 0 Å². The number of carbonyl (C=O) groups is 2. The molecular weight excluding hydrogens is 569 g/mol. The Bertz CT molecular complexity index is 1040. The van der Waals surface area contributed by atoms with Gasteiger partial charge in [-0.15, -0.1) is 20.4 Å². The highest BCUT2D eigenvalue weighted by Gasteiger charge is 2.27. The minimum absolute atomic E-state index is 0.0474. The molecule has 2 aliphatic rings. The van der Waals surface area contributed by atoms with Crippen molar-refractivity contribution >= 4 is 34.0 Å². The third kappa shape index (κ3) is 8.30. The molecular formula is C30H50N8O2S2. The van der Waals surface area contributed by atoms with Crippen LogP contribution in [0.3, 0.4) is 0 Å². The van der Waals surface area contributed by atoms with Crippen molar-refractivity contribution in [3.05, 3.63) is 11.6 Å². The van der Waals surface area contributed by atoms with Gasteiger partial charge in [-0.05, 0) is 66.2 Å². The number of aromatic nitrogens is 6. The molecule has 2 aromatic heterocycles. The largest absolute Gasteiger partial charge is 0.334 e. The van der Waals surface area contributed by atoms with Crippen LogP contribution in [0.4, 0.5) is 9.59 Å². The zero-order valence-corrected chi connectivity index (χ0v) is 27.7. The monoisotopic (exact) mass is 618 g/mol. The minimum atomic E-state index is 0.0474. The molecule has 2 aliphatic carbocycles. The Kier molecular flexibility index (Phi) is 13.0. The molecule has 42 heavy (non-hydrogen) atoms. The van der Waals surface area contributed by atoms with E-state index in [0.29, 0.717) is 38.3 Å². The molecule has 2 fully saturated rings. The number of thioether (sulfide) groups is 2. The van der Waals surface area contributed by atoms with Crippen molar-refractivity contribution in [1.29, 1.82) is 0 Å². The number of rotatable bonds is 13. The molecule has 2 saturated carbocycles. The summed E-state index contributed by atoms with van der Waals surface area (Å²) in [5.74, 6) is 1.98. The lowest BCUT2D eigenvalue weighted by Crippen LogP contribution is -2.27. The maximum absolute atomic E-state index is 12.9. The lowest BCUT2D eigenvalue weighted by atomic mass is 9.95. The normalized spacial score (nSPS) is 16.6. The molecule has 10 nitrogen and oxygen atoms in total. The molecule has 0 radical (unpaired) electrons. The van der Waals surface area contributed by atoms with Crippen LogP contribution in [0.5, 0.6) is 0 Å². The van der Waals surface area contributed by atoms with Crippen LogP contribution >= 0.6 is 23.5 Å². The van der Waals surface area contributed by atoms with Gasteiger partial charge in [-0.2, -0.15) is 0 Å². The second-order valence-electron chi connectivity index (χ2n) is 11.4. The highest BCUT2D eigenvalue weighted by Crippen LogP contribution is 2.35. The fraction of sp³-hybridized carbons (Fsp3) is 0.800. The second kappa shape index (κ2) is 16.7.